The monoisotopic (exact) mass is 424 g/mol. The first kappa shape index (κ1) is 20.6. The predicted octanol–water partition coefficient (Wildman–Crippen LogP) is 3.43. The van der Waals surface area contributed by atoms with Crippen LogP contribution in [-0.2, 0) is 17.6 Å². The number of hydrogen-bond acceptors (Lipinski definition) is 8. The van der Waals surface area contributed by atoms with Gasteiger partial charge in [0.15, 0.2) is 17.3 Å². The molecule has 1 aliphatic rings. The van der Waals surface area contributed by atoms with Crippen molar-refractivity contribution in [2.24, 2.45) is 0 Å². The summed E-state index contributed by atoms with van der Waals surface area (Å²) in [5.74, 6) is 2.02. The Morgan fingerprint density at radius 2 is 2.06 bits per heavy atom. The summed E-state index contributed by atoms with van der Waals surface area (Å²) in [5, 5.41) is 16.6. The Hall–Kier alpha value is -3.62. The van der Waals surface area contributed by atoms with Gasteiger partial charge in [0.05, 0.1) is 6.42 Å². The smallest absolute Gasteiger partial charge is 0.303 e. The van der Waals surface area contributed by atoms with E-state index in [2.05, 4.69) is 20.4 Å². The third-order valence-electron chi connectivity index (χ3n) is 5.02. The molecule has 9 heteroatoms. The van der Waals surface area contributed by atoms with Gasteiger partial charge in [0, 0.05) is 31.5 Å². The number of rotatable bonds is 11. The number of ether oxygens (including phenoxy) is 2. The maximum Gasteiger partial charge on any atom is 0.303 e. The number of hydrogen-bond donors (Lipinski definition) is 2. The number of unbranched alkanes of at least 4 members (excludes halogenated alkanes) is 1. The lowest BCUT2D eigenvalue weighted by molar-refractivity contribution is -0.137. The van der Waals surface area contributed by atoms with E-state index in [1.807, 2.05) is 30.3 Å². The summed E-state index contributed by atoms with van der Waals surface area (Å²) in [5.41, 5.74) is 0.840. The van der Waals surface area contributed by atoms with Gasteiger partial charge in [0.2, 0.25) is 12.7 Å². The molecule has 2 aromatic heterocycles. The number of pyridine rings is 1. The van der Waals surface area contributed by atoms with Gasteiger partial charge in [0.1, 0.15) is 5.82 Å². The Balaban J connectivity index is 1.30. The zero-order chi connectivity index (χ0) is 21.5. The van der Waals surface area contributed by atoms with E-state index in [9.17, 15) is 9.90 Å². The molecule has 0 amide bonds. The van der Waals surface area contributed by atoms with E-state index in [1.54, 1.807) is 12.3 Å². The fraction of sp³-hybridized carbons (Fsp3) is 0.364. The van der Waals surface area contributed by atoms with E-state index >= 15 is 0 Å². The number of aryl methyl sites for hydroxylation is 1. The van der Waals surface area contributed by atoms with E-state index in [1.165, 1.54) is 0 Å². The molecule has 0 unspecified atom stereocenters. The summed E-state index contributed by atoms with van der Waals surface area (Å²) in [4.78, 5) is 20.1. The molecule has 0 aliphatic carbocycles. The van der Waals surface area contributed by atoms with Crippen LogP contribution in [0, 0.1) is 0 Å². The largest absolute Gasteiger partial charge is 0.481 e. The number of carboxylic acids is 1. The molecule has 0 fully saturated rings. The van der Waals surface area contributed by atoms with Crippen molar-refractivity contribution in [3.63, 3.8) is 0 Å². The van der Waals surface area contributed by atoms with Crippen molar-refractivity contribution in [3.8, 4) is 11.5 Å². The molecular formula is C22H24N4O5. The highest BCUT2D eigenvalue weighted by molar-refractivity contribution is 5.68. The minimum atomic E-state index is -0.886. The van der Waals surface area contributed by atoms with E-state index < -0.39 is 5.97 Å². The van der Waals surface area contributed by atoms with E-state index in [4.69, 9.17) is 14.0 Å². The number of carboxylic acid groups (broad SMARTS) is 1. The van der Waals surface area contributed by atoms with Gasteiger partial charge in [-0.3, -0.25) is 4.79 Å². The summed E-state index contributed by atoms with van der Waals surface area (Å²) in [6.07, 6.45) is 4.60. The zero-order valence-corrected chi connectivity index (χ0v) is 17.0. The average molecular weight is 424 g/mol. The van der Waals surface area contributed by atoms with E-state index in [0.717, 1.165) is 30.8 Å². The lowest BCUT2D eigenvalue weighted by atomic mass is 9.92. The van der Waals surface area contributed by atoms with Gasteiger partial charge in [0.25, 0.3) is 0 Å². The van der Waals surface area contributed by atoms with Crippen LogP contribution in [0.2, 0.25) is 0 Å². The Labute approximate surface area is 179 Å². The first-order valence-electron chi connectivity index (χ1n) is 10.2. The SMILES string of the molecule is O=C(O)C[C@H](Cc1nc(CCCCNc2ccccn2)no1)c1ccc2c(c1)OCO2. The third kappa shape index (κ3) is 5.71. The third-order valence-corrected chi connectivity index (χ3v) is 5.02. The number of benzene rings is 1. The molecule has 0 bridgehead atoms. The highest BCUT2D eigenvalue weighted by Gasteiger charge is 2.23. The second-order valence-corrected chi connectivity index (χ2v) is 7.31. The molecule has 0 saturated heterocycles. The summed E-state index contributed by atoms with van der Waals surface area (Å²) in [6, 6.07) is 11.2. The minimum absolute atomic E-state index is 0.0451. The minimum Gasteiger partial charge on any atom is -0.481 e. The van der Waals surface area contributed by atoms with Gasteiger partial charge in [-0.25, -0.2) is 4.98 Å². The van der Waals surface area contributed by atoms with Crippen LogP contribution in [0.4, 0.5) is 5.82 Å². The van der Waals surface area contributed by atoms with Crippen LogP contribution in [0.15, 0.2) is 47.1 Å². The van der Waals surface area contributed by atoms with Crippen molar-refractivity contribution in [3.05, 3.63) is 59.9 Å². The quantitative estimate of drug-likeness (QED) is 0.446. The number of nitrogens with zero attached hydrogens (tertiary/aromatic N) is 3. The van der Waals surface area contributed by atoms with Gasteiger partial charge in [-0.05, 0) is 42.7 Å². The number of aliphatic carboxylic acids is 1. The Morgan fingerprint density at radius 1 is 1.16 bits per heavy atom. The normalized spacial score (nSPS) is 13.2. The Morgan fingerprint density at radius 3 is 2.90 bits per heavy atom. The first-order chi connectivity index (χ1) is 15.2. The summed E-state index contributed by atoms with van der Waals surface area (Å²) >= 11 is 0. The predicted molar refractivity (Wildman–Crippen MR) is 111 cm³/mol. The molecule has 3 heterocycles. The van der Waals surface area contributed by atoms with Crippen LogP contribution in [-0.4, -0.2) is 39.5 Å². The van der Waals surface area contributed by atoms with Crippen LogP contribution in [0.3, 0.4) is 0 Å². The van der Waals surface area contributed by atoms with Gasteiger partial charge in [-0.1, -0.05) is 17.3 Å². The summed E-state index contributed by atoms with van der Waals surface area (Å²) in [6.45, 7) is 0.985. The second-order valence-electron chi connectivity index (χ2n) is 7.31. The molecule has 9 nitrogen and oxygen atoms in total. The highest BCUT2D eigenvalue weighted by atomic mass is 16.7. The maximum atomic E-state index is 11.4. The van der Waals surface area contributed by atoms with E-state index in [-0.39, 0.29) is 19.1 Å². The molecule has 2 N–H and O–H groups in total. The standard InChI is InChI=1S/C22H24N4O5/c27-22(28)13-16(15-7-8-17-18(11-15)30-14-29-17)12-21-25-20(26-31-21)6-2-4-10-24-19-5-1-3-9-23-19/h1,3,5,7-9,11,16H,2,4,6,10,12-14H2,(H,23,24)(H,27,28)/t16-/m0/s1. The molecule has 0 radical (unpaired) electrons. The number of nitrogens with one attached hydrogen (secondary N) is 1. The van der Waals surface area contributed by atoms with E-state index in [0.29, 0.717) is 36.1 Å². The molecule has 1 atom stereocenters. The average Bonchev–Trinajstić information content (AvgIpc) is 3.42. The number of anilines is 1. The Kier molecular flexibility index (Phi) is 6.61. The molecule has 162 valence electrons. The van der Waals surface area contributed by atoms with Gasteiger partial charge in [-0.2, -0.15) is 4.98 Å². The Bertz CT molecular complexity index is 1010. The van der Waals surface area contributed by atoms with Crippen molar-refractivity contribution in [2.45, 2.75) is 38.0 Å². The first-order valence-corrected chi connectivity index (χ1v) is 10.2. The lowest BCUT2D eigenvalue weighted by Gasteiger charge is -2.13. The van der Waals surface area contributed by atoms with Crippen LogP contribution in [0.1, 0.15) is 42.5 Å². The number of aromatic nitrogens is 3. The molecule has 3 aromatic rings. The fourth-order valence-electron chi connectivity index (χ4n) is 3.46. The number of fused-ring (bicyclic) bond motifs is 1. The second kappa shape index (κ2) is 9.92. The molecule has 0 spiro atoms. The van der Waals surface area contributed by atoms with Crippen molar-refractivity contribution >= 4 is 11.8 Å². The van der Waals surface area contributed by atoms with Crippen LogP contribution >= 0.6 is 0 Å². The molecule has 4 rings (SSSR count). The lowest BCUT2D eigenvalue weighted by Crippen LogP contribution is -2.09. The number of carbonyl (C=O) groups is 1. The van der Waals surface area contributed by atoms with Crippen LogP contribution in [0.5, 0.6) is 11.5 Å². The van der Waals surface area contributed by atoms with Crippen LogP contribution in [0.25, 0.3) is 0 Å². The molecule has 1 aromatic carbocycles. The molecule has 1 aliphatic heterocycles. The van der Waals surface area contributed by atoms with Crippen molar-refractivity contribution in [1.29, 1.82) is 0 Å². The van der Waals surface area contributed by atoms with Crippen molar-refractivity contribution in [2.75, 3.05) is 18.7 Å². The van der Waals surface area contributed by atoms with Crippen molar-refractivity contribution in [1.82, 2.24) is 15.1 Å². The maximum absolute atomic E-state index is 11.4. The zero-order valence-electron chi connectivity index (χ0n) is 17.0. The van der Waals surface area contributed by atoms with Gasteiger partial charge >= 0.3 is 5.97 Å². The van der Waals surface area contributed by atoms with Gasteiger partial charge < -0.3 is 24.4 Å². The van der Waals surface area contributed by atoms with Crippen LogP contribution < -0.4 is 14.8 Å². The molecule has 31 heavy (non-hydrogen) atoms. The highest BCUT2D eigenvalue weighted by Crippen LogP contribution is 2.36. The molecule has 0 saturated carbocycles. The fourth-order valence-corrected chi connectivity index (χ4v) is 3.46. The van der Waals surface area contributed by atoms with Gasteiger partial charge in [-0.15, -0.1) is 0 Å². The van der Waals surface area contributed by atoms with Crippen molar-refractivity contribution < 1.29 is 23.9 Å². The topological polar surface area (TPSA) is 120 Å². The summed E-state index contributed by atoms with van der Waals surface area (Å²) in [7, 11) is 0. The summed E-state index contributed by atoms with van der Waals surface area (Å²) < 4.78 is 16.1. The molecular weight excluding hydrogens is 400 g/mol.